The van der Waals surface area contributed by atoms with E-state index in [9.17, 15) is 13.2 Å². The van der Waals surface area contributed by atoms with Crippen LogP contribution in [-0.4, -0.2) is 34.7 Å². The molecule has 2 aromatic rings. The second-order valence-corrected chi connectivity index (χ2v) is 7.77. The Labute approximate surface area is 154 Å². The largest absolute Gasteiger partial charge is 0.496 e. The van der Waals surface area contributed by atoms with Crippen LogP contribution in [0.25, 0.3) is 0 Å². The Morgan fingerprint density at radius 2 is 2.00 bits per heavy atom. The molecule has 0 saturated carbocycles. The Kier molecular flexibility index (Phi) is 6.05. The number of benzene rings is 2. The van der Waals surface area contributed by atoms with Gasteiger partial charge in [0.2, 0.25) is 10.0 Å². The zero-order chi connectivity index (χ0) is 19.3. The van der Waals surface area contributed by atoms with E-state index >= 15 is 0 Å². The van der Waals surface area contributed by atoms with Crippen LogP contribution in [0.3, 0.4) is 0 Å². The van der Waals surface area contributed by atoms with Crippen molar-refractivity contribution in [3.05, 3.63) is 66.2 Å². The molecule has 2 rings (SSSR count). The van der Waals surface area contributed by atoms with Gasteiger partial charge in [-0.25, -0.2) is 8.42 Å². The Balaban J connectivity index is 2.25. The number of carbonyl (C=O) groups excluding carboxylic acids is 1. The molecule has 0 atom stereocenters. The van der Waals surface area contributed by atoms with Crippen molar-refractivity contribution < 1.29 is 17.9 Å². The SMILES string of the molecule is C=CCc1cc(C(=O)Nc2cccc(N(C)S(C)(=O)=O)c2)ccc1OC. The number of carbonyl (C=O) groups is 1. The molecule has 7 heteroatoms. The second kappa shape index (κ2) is 8.05. The summed E-state index contributed by atoms with van der Waals surface area (Å²) in [6.07, 6.45) is 3.44. The van der Waals surface area contributed by atoms with Crippen LogP contribution in [-0.2, 0) is 16.4 Å². The maximum absolute atomic E-state index is 12.5. The highest BCUT2D eigenvalue weighted by Gasteiger charge is 2.14. The first-order valence-electron chi connectivity index (χ1n) is 7.89. The molecule has 0 spiro atoms. The molecule has 0 fully saturated rings. The first-order chi connectivity index (χ1) is 12.3. The average Bonchev–Trinajstić information content (AvgIpc) is 2.60. The van der Waals surface area contributed by atoms with Crippen molar-refractivity contribution in [3.8, 4) is 5.75 Å². The summed E-state index contributed by atoms with van der Waals surface area (Å²) in [5, 5.41) is 2.78. The molecule has 1 amide bonds. The van der Waals surface area contributed by atoms with Gasteiger partial charge >= 0.3 is 0 Å². The first-order valence-corrected chi connectivity index (χ1v) is 9.74. The van der Waals surface area contributed by atoms with E-state index in [0.29, 0.717) is 29.1 Å². The third-order valence-corrected chi connectivity index (χ3v) is 5.08. The van der Waals surface area contributed by atoms with Gasteiger partial charge in [0.25, 0.3) is 5.91 Å². The van der Waals surface area contributed by atoms with E-state index in [-0.39, 0.29) is 5.91 Å². The minimum atomic E-state index is -3.38. The molecule has 0 aromatic heterocycles. The third-order valence-electron chi connectivity index (χ3n) is 3.87. The second-order valence-electron chi connectivity index (χ2n) is 5.75. The lowest BCUT2D eigenvalue weighted by Gasteiger charge is -2.17. The number of ether oxygens (including phenoxy) is 1. The molecule has 0 heterocycles. The number of hydrogen-bond acceptors (Lipinski definition) is 4. The van der Waals surface area contributed by atoms with Crippen molar-refractivity contribution in [2.75, 3.05) is 30.0 Å². The quantitative estimate of drug-likeness (QED) is 0.756. The first kappa shape index (κ1) is 19.5. The van der Waals surface area contributed by atoms with Gasteiger partial charge in [-0.1, -0.05) is 12.1 Å². The van der Waals surface area contributed by atoms with Crippen molar-refractivity contribution in [2.24, 2.45) is 0 Å². The fourth-order valence-electron chi connectivity index (χ4n) is 2.41. The Morgan fingerprint density at radius 1 is 1.27 bits per heavy atom. The number of anilines is 2. The Morgan fingerprint density at radius 3 is 2.62 bits per heavy atom. The lowest BCUT2D eigenvalue weighted by atomic mass is 10.1. The molecular formula is C19H22N2O4S. The Hall–Kier alpha value is -2.80. The van der Waals surface area contributed by atoms with Crippen LogP contribution >= 0.6 is 0 Å². The minimum Gasteiger partial charge on any atom is -0.496 e. The van der Waals surface area contributed by atoms with Crippen LogP contribution in [0.15, 0.2) is 55.1 Å². The summed E-state index contributed by atoms with van der Waals surface area (Å²) in [6.45, 7) is 3.71. The molecule has 0 radical (unpaired) electrons. The number of amides is 1. The zero-order valence-electron chi connectivity index (χ0n) is 15.0. The highest BCUT2D eigenvalue weighted by Crippen LogP contribution is 2.23. The highest BCUT2D eigenvalue weighted by molar-refractivity contribution is 7.92. The van der Waals surface area contributed by atoms with Crippen molar-refractivity contribution in [2.45, 2.75) is 6.42 Å². The lowest BCUT2D eigenvalue weighted by molar-refractivity contribution is 0.102. The third kappa shape index (κ3) is 4.64. The van der Waals surface area contributed by atoms with Gasteiger partial charge in [0.05, 0.1) is 19.1 Å². The molecule has 6 nitrogen and oxygen atoms in total. The summed E-state index contributed by atoms with van der Waals surface area (Å²) >= 11 is 0. The average molecular weight is 374 g/mol. The molecule has 0 aliphatic heterocycles. The highest BCUT2D eigenvalue weighted by atomic mass is 32.2. The standard InChI is InChI=1S/C19H22N2O4S/c1-5-7-14-12-15(10-11-18(14)25-3)19(22)20-16-8-6-9-17(13-16)21(2)26(4,23)24/h5-6,8-13H,1,7H2,2-4H3,(H,20,22). The smallest absolute Gasteiger partial charge is 0.255 e. The van der Waals surface area contributed by atoms with Crippen molar-refractivity contribution >= 4 is 27.3 Å². The molecular weight excluding hydrogens is 352 g/mol. The minimum absolute atomic E-state index is 0.294. The number of nitrogens with zero attached hydrogens (tertiary/aromatic N) is 1. The number of rotatable bonds is 7. The molecule has 26 heavy (non-hydrogen) atoms. The lowest BCUT2D eigenvalue weighted by Crippen LogP contribution is -2.24. The van der Waals surface area contributed by atoms with Gasteiger partial charge in [0.15, 0.2) is 0 Å². The fourth-order valence-corrected chi connectivity index (χ4v) is 2.91. The Bertz CT molecular complexity index is 923. The van der Waals surface area contributed by atoms with E-state index in [4.69, 9.17) is 4.74 Å². The predicted molar refractivity (Wildman–Crippen MR) is 105 cm³/mol. The van der Waals surface area contributed by atoms with E-state index < -0.39 is 10.0 Å². The van der Waals surface area contributed by atoms with Gasteiger partial charge in [-0.05, 0) is 48.4 Å². The summed E-state index contributed by atoms with van der Waals surface area (Å²) < 4.78 is 29.8. The maximum Gasteiger partial charge on any atom is 0.255 e. The van der Waals surface area contributed by atoms with Gasteiger partial charge < -0.3 is 10.1 Å². The van der Waals surface area contributed by atoms with Gasteiger partial charge in [-0.15, -0.1) is 6.58 Å². The summed E-state index contributed by atoms with van der Waals surface area (Å²) in [7, 11) is -0.341. The van der Waals surface area contributed by atoms with E-state index in [2.05, 4.69) is 11.9 Å². The summed E-state index contributed by atoms with van der Waals surface area (Å²) in [6, 6.07) is 11.8. The van der Waals surface area contributed by atoms with Crippen LogP contribution < -0.4 is 14.4 Å². The van der Waals surface area contributed by atoms with Gasteiger partial charge in [0, 0.05) is 18.3 Å². The van der Waals surface area contributed by atoms with Crippen LogP contribution in [0.5, 0.6) is 5.75 Å². The maximum atomic E-state index is 12.5. The molecule has 0 aliphatic rings. The van der Waals surface area contributed by atoms with Gasteiger partial charge in [0.1, 0.15) is 5.75 Å². The number of nitrogens with one attached hydrogen (secondary N) is 1. The van der Waals surface area contributed by atoms with Gasteiger partial charge in [-0.3, -0.25) is 9.10 Å². The molecule has 138 valence electrons. The summed E-state index contributed by atoms with van der Waals surface area (Å²) in [5.41, 5.74) is 2.31. The van der Waals surface area contributed by atoms with Crippen molar-refractivity contribution in [1.29, 1.82) is 0 Å². The predicted octanol–water partition coefficient (Wildman–Crippen LogP) is 3.07. The van der Waals surface area contributed by atoms with E-state index in [0.717, 1.165) is 16.1 Å². The van der Waals surface area contributed by atoms with Gasteiger partial charge in [-0.2, -0.15) is 0 Å². The van der Waals surface area contributed by atoms with E-state index in [1.165, 1.54) is 7.05 Å². The molecule has 2 aromatic carbocycles. The number of hydrogen-bond donors (Lipinski definition) is 1. The summed E-state index contributed by atoms with van der Waals surface area (Å²) in [4.78, 5) is 12.5. The number of methoxy groups -OCH3 is 1. The monoisotopic (exact) mass is 374 g/mol. The van der Waals surface area contributed by atoms with Crippen LogP contribution in [0.1, 0.15) is 15.9 Å². The van der Waals surface area contributed by atoms with Crippen LogP contribution in [0.4, 0.5) is 11.4 Å². The van der Waals surface area contributed by atoms with E-state index in [1.807, 2.05) is 0 Å². The van der Waals surface area contributed by atoms with Crippen molar-refractivity contribution in [1.82, 2.24) is 0 Å². The zero-order valence-corrected chi connectivity index (χ0v) is 15.8. The molecule has 0 bridgehead atoms. The van der Waals surface area contributed by atoms with Crippen LogP contribution in [0.2, 0.25) is 0 Å². The normalized spacial score (nSPS) is 10.9. The topological polar surface area (TPSA) is 75.7 Å². The molecule has 0 unspecified atom stereocenters. The van der Waals surface area contributed by atoms with Crippen LogP contribution in [0, 0.1) is 0 Å². The molecule has 1 N–H and O–H groups in total. The van der Waals surface area contributed by atoms with Crippen molar-refractivity contribution in [3.63, 3.8) is 0 Å². The summed E-state index contributed by atoms with van der Waals surface area (Å²) in [5.74, 6) is 0.398. The fraction of sp³-hybridized carbons (Fsp3) is 0.211. The number of sulfonamides is 1. The molecule has 0 saturated heterocycles. The van der Waals surface area contributed by atoms with E-state index in [1.54, 1.807) is 55.7 Å². The number of allylic oxidation sites excluding steroid dienone is 1. The molecule has 0 aliphatic carbocycles.